The summed E-state index contributed by atoms with van der Waals surface area (Å²) in [4.78, 5) is -0.273. The zero-order chi connectivity index (χ0) is 19.0. The van der Waals surface area contributed by atoms with Crippen molar-refractivity contribution in [3.05, 3.63) is 48.0 Å². The van der Waals surface area contributed by atoms with Crippen molar-refractivity contribution in [3.8, 4) is 17.2 Å². The molecule has 0 atom stereocenters. The van der Waals surface area contributed by atoms with Crippen molar-refractivity contribution >= 4 is 10.1 Å². The van der Waals surface area contributed by atoms with Gasteiger partial charge >= 0.3 is 29.6 Å². The molecule has 0 aliphatic carbocycles. The van der Waals surface area contributed by atoms with Gasteiger partial charge in [-0.3, -0.25) is 4.55 Å². The molecular weight excluding hydrogens is 375 g/mol. The van der Waals surface area contributed by atoms with Gasteiger partial charge in [0.2, 0.25) is 0 Å². The molecule has 0 spiro atoms. The van der Waals surface area contributed by atoms with Crippen LogP contribution < -0.4 is 39.4 Å². The van der Waals surface area contributed by atoms with Crippen LogP contribution >= 0.6 is 0 Å². The van der Waals surface area contributed by atoms with Crippen LogP contribution in [0.2, 0.25) is 0 Å². The molecule has 0 radical (unpaired) electrons. The van der Waals surface area contributed by atoms with E-state index < -0.39 is 10.1 Å². The molecule has 0 heterocycles. The zero-order valence-corrected chi connectivity index (χ0v) is 18.8. The predicted molar refractivity (Wildman–Crippen MR) is 99.3 cm³/mol. The Labute approximate surface area is 183 Å². The Morgan fingerprint density at radius 1 is 1.00 bits per heavy atom. The van der Waals surface area contributed by atoms with Crippen molar-refractivity contribution in [1.29, 1.82) is 0 Å². The van der Waals surface area contributed by atoms with Crippen LogP contribution in [0.3, 0.4) is 0 Å². The summed E-state index contributed by atoms with van der Waals surface area (Å²) in [6, 6.07) is 10.4. The van der Waals surface area contributed by atoms with Crippen molar-refractivity contribution < 1.29 is 52.4 Å². The molecule has 0 aliphatic rings. The largest absolute Gasteiger partial charge is 1.00 e. The Morgan fingerprint density at radius 2 is 1.70 bits per heavy atom. The average molecular weight is 400 g/mol. The molecule has 0 amide bonds. The van der Waals surface area contributed by atoms with Crippen LogP contribution in [0.15, 0.2) is 47.4 Å². The maximum Gasteiger partial charge on any atom is 1.00 e. The number of aryl methyl sites for hydroxylation is 1. The third kappa shape index (κ3) is 8.23. The van der Waals surface area contributed by atoms with Crippen molar-refractivity contribution in [2.45, 2.75) is 56.8 Å². The number of hydrogen-bond donors (Lipinski definition) is 1. The van der Waals surface area contributed by atoms with Crippen LogP contribution in [-0.4, -0.2) is 13.0 Å². The van der Waals surface area contributed by atoms with Crippen molar-refractivity contribution in [1.82, 2.24) is 0 Å². The smallest absolute Gasteiger partial charge is 0.870 e. The van der Waals surface area contributed by atoms with Gasteiger partial charge in [-0.2, -0.15) is 8.42 Å². The Hall–Kier alpha value is -1.05. The summed E-state index contributed by atoms with van der Waals surface area (Å²) < 4.78 is 37.1. The average Bonchev–Trinajstić information content (AvgIpc) is 2.60. The Balaban J connectivity index is 0.00000364. The Bertz CT molecular complexity index is 821. The van der Waals surface area contributed by atoms with E-state index in [1.165, 1.54) is 56.0 Å². The second-order valence-electron chi connectivity index (χ2n) is 6.35. The quantitative estimate of drug-likeness (QED) is 0.373. The molecule has 0 saturated heterocycles. The van der Waals surface area contributed by atoms with E-state index in [4.69, 9.17) is 9.29 Å². The molecule has 0 bridgehead atoms. The monoisotopic (exact) mass is 400 g/mol. The fourth-order valence-corrected chi connectivity index (χ4v) is 3.24. The summed E-state index contributed by atoms with van der Waals surface area (Å²) in [7, 11) is -4.32. The van der Waals surface area contributed by atoms with E-state index >= 15 is 0 Å². The second kappa shape index (κ2) is 11.7. The maximum atomic E-state index is 12.0. The topological polar surface area (TPSA) is 86.7 Å². The Kier molecular flexibility index (Phi) is 10.4. The van der Waals surface area contributed by atoms with Crippen molar-refractivity contribution in [2.75, 3.05) is 0 Å². The minimum atomic E-state index is -4.32. The third-order valence-corrected chi connectivity index (χ3v) is 5.01. The molecular formula is C20H25NaO5S. The first kappa shape index (κ1) is 24.0. The molecule has 0 saturated carbocycles. The number of rotatable bonds is 10. The first-order valence-corrected chi connectivity index (χ1v) is 10.4. The molecule has 0 aliphatic heterocycles. The van der Waals surface area contributed by atoms with Gasteiger partial charge in [0.15, 0.2) is 0 Å². The summed E-state index contributed by atoms with van der Waals surface area (Å²) in [5.74, 6) is 0.0730. The van der Waals surface area contributed by atoms with E-state index in [0.29, 0.717) is 0 Å². The van der Waals surface area contributed by atoms with Crippen LogP contribution in [0.1, 0.15) is 51.0 Å². The van der Waals surface area contributed by atoms with E-state index in [1.54, 1.807) is 12.1 Å². The normalized spacial score (nSPS) is 11.0. The van der Waals surface area contributed by atoms with Gasteiger partial charge < -0.3 is 9.84 Å². The van der Waals surface area contributed by atoms with Gasteiger partial charge in [0.1, 0.15) is 11.5 Å². The summed E-state index contributed by atoms with van der Waals surface area (Å²) in [5, 5.41) is 12.0. The minimum Gasteiger partial charge on any atom is -0.870 e. The fourth-order valence-electron chi connectivity index (χ4n) is 2.72. The fraction of sp³-hybridized carbons (Fsp3) is 0.400. The van der Waals surface area contributed by atoms with Gasteiger partial charge in [0.25, 0.3) is 10.1 Å². The predicted octanol–water partition coefficient (Wildman–Crippen LogP) is 1.71. The van der Waals surface area contributed by atoms with Crippen LogP contribution in [-0.2, 0) is 16.5 Å². The van der Waals surface area contributed by atoms with Gasteiger partial charge in [-0.15, -0.1) is 0 Å². The molecule has 142 valence electrons. The van der Waals surface area contributed by atoms with Crippen LogP contribution in [0.5, 0.6) is 17.2 Å². The summed E-state index contributed by atoms with van der Waals surface area (Å²) in [6.45, 7) is 2.19. The maximum absolute atomic E-state index is 12.0. The van der Waals surface area contributed by atoms with Gasteiger partial charge in [-0.1, -0.05) is 63.0 Å². The summed E-state index contributed by atoms with van der Waals surface area (Å²) >= 11 is 0. The molecule has 2 rings (SSSR count). The minimum absolute atomic E-state index is 0. The van der Waals surface area contributed by atoms with E-state index in [1.807, 2.05) is 0 Å². The zero-order valence-electron chi connectivity index (χ0n) is 16.0. The molecule has 5 nitrogen and oxygen atoms in total. The van der Waals surface area contributed by atoms with Crippen LogP contribution in [0, 0.1) is 0 Å². The molecule has 1 N–H and O–H groups in total. The summed E-state index contributed by atoms with van der Waals surface area (Å²) in [6.07, 6.45) is 8.06. The van der Waals surface area contributed by atoms with E-state index in [0.717, 1.165) is 24.8 Å². The third-order valence-electron chi connectivity index (χ3n) is 4.16. The molecule has 27 heavy (non-hydrogen) atoms. The summed E-state index contributed by atoms with van der Waals surface area (Å²) in [5.41, 5.74) is 1.01. The molecule has 0 fully saturated rings. The van der Waals surface area contributed by atoms with Crippen molar-refractivity contribution in [2.24, 2.45) is 0 Å². The number of unbranched alkanes of at least 4 members (excludes halogenated alkanes) is 5. The molecule has 0 unspecified atom stereocenters. The van der Waals surface area contributed by atoms with E-state index in [2.05, 4.69) is 6.92 Å². The molecule has 0 aromatic heterocycles. The molecule has 7 heteroatoms. The van der Waals surface area contributed by atoms with E-state index in [9.17, 15) is 13.5 Å². The van der Waals surface area contributed by atoms with Gasteiger partial charge in [0, 0.05) is 6.07 Å². The first-order chi connectivity index (χ1) is 12.4. The van der Waals surface area contributed by atoms with Gasteiger partial charge in [-0.05, 0) is 36.6 Å². The standard InChI is InChI=1S/C20H26O5S.Na/c1-2-3-4-5-6-7-9-16-12-13-19(21)20(14-16)25-17-10-8-11-18(15-17)26(22,23)24;/h8,10-15,21H,2-7,9H2,1H3,(H,22,23,24);/q;+1/p-1. The van der Waals surface area contributed by atoms with Crippen molar-refractivity contribution in [3.63, 3.8) is 0 Å². The first-order valence-electron chi connectivity index (χ1n) is 8.95. The van der Waals surface area contributed by atoms with Crippen LogP contribution in [0.4, 0.5) is 0 Å². The van der Waals surface area contributed by atoms with Gasteiger partial charge in [0.05, 0.1) is 4.90 Å². The molecule has 2 aromatic rings. The number of hydrogen-bond acceptors (Lipinski definition) is 4. The molecule has 2 aromatic carbocycles. The van der Waals surface area contributed by atoms with Gasteiger partial charge in [-0.25, -0.2) is 0 Å². The Morgan fingerprint density at radius 3 is 2.41 bits per heavy atom. The van der Waals surface area contributed by atoms with Crippen LogP contribution in [0.25, 0.3) is 0 Å². The van der Waals surface area contributed by atoms with E-state index in [-0.39, 0.29) is 51.7 Å². The number of benzene rings is 2. The SMILES string of the molecule is CCCCCCCCc1ccc([O-])c(Oc2cccc(S(=O)(=O)O)c2)c1.[Na+]. The second-order valence-corrected chi connectivity index (χ2v) is 7.77. The number of ether oxygens (including phenoxy) is 1.